The lowest BCUT2D eigenvalue weighted by Gasteiger charge is -2.66. The van der Waals surface area contributed by atoms with Gasteiger partial charge in [-0.2, -0.15) is 0 Å². The molecule has 0 aromatic heterocycles. The van der Waals surface area contributed by atoms with Crippen LogP contribution in [0.5, 0.6) is 0 Å². The molecule has 0 aromatic carbocycles. The van der Waals surface area contributed by atoms with Gasteiger partial charge in [-0.1, -0.05) is 47.1 Å². The highest BCUT2D eigenvalue weighted by atomic mass is 16.3. The lowest BCUT2D eigenvalue weighted by molar-refractivity contribution is -0.279. The molecule has 0 aliphatic heterocycles. The van der Waals surface area contributed by atoms with Crippen LogP contribution >= 0.6 is 0 Å². The summed E-state index contributed by atoms with van der Waals surface area (Å²) >= 11 is 0. The van der Waals surface area contributed by atoms with Crippen molar-refractivity contribution in [2.75, 3.05) is 0 Å². The number of aliphatic hydroxyl groups excluding tert-OH is 4. The van der Waals surface area contributed by atoms with Crippen molar-refractivity contribution >= 4 is 0 Å². The summed E-state index contributed by atoms with van der Waals surface area (Å²) in [5.41, 5.74) is 0.0582. The van der Waals surface area contributed by atoms with Crippen molar-refractivity contribution in [2.45, 2.75) is 123 Å². The predicted octanol–water partition coefficient (Wildman–Crippen LogP) is 4.05. The molecule has 0 bridgehead atoms. The quantitative estimate of drug-likeness (QED) is 0.393. The Balaban J connectivity index is 1.69. The van der Waals surface area contributed by atoms with E-state index in [1.807, 2.05) is 6.92 Å². The summed E-state index contributed by atoms with van der Waals surface area (Å²) < 4.78 is 0. The fourth-order valence-electron chi connectivity index (χ4n) is 9.42. The number of aliphatic hydroxyl groups is 5. The number of hydrogen-bond acceptors (Lipinski definition) is 5. The number of fused-ring (bicyclic) bond motifs is 5. The topological polar surface area (TPSA) is 101 Å². The van der Waals surface area contributed by atoms with Crippen molar-refractivity contribution in [1.29, 1.82) is 0 Å². The van der Waals surface area contributed by atoms with Crippen LogP contribution in [0.2, 0.25) is 0 Å². The van der Waals surface area contributed by atoms with Crippen LogP contribution in [0.1, 0.15) is 93.4 Å². The first-order valence-corrected chi connectivity index (χ1v) is 13.8. The number of rotatable bonds is 4. The Bertz CT molecular complexity index is 808. The zero-order valence-electron chi connectivity index (χ0n) is 22.5. The van der Waals surface area contributed by atoms with Gasteiger partial charge < -0.3 is 25.5 Å². The van der Waals surface area contributed by atoms with Gasteiger partial charge in [0, 0.05) is 11.8 Å². The van der Waals surface area contributed by atoms with Gasteiger partial charge in [-0.15, -0.1) is 0 Å². The zero-order valence-corrected chi connectivity index (χ0v) is 22.5. The summed E-state index contributed by atoms with van der Waals surface area (Å²) in [6, 6.07) is 0. The molecule has 34 heavy (non-hydrogen) atoms. The van der Waals surface area contributed by atoms with Crippen molar-refractivity contribution < 1.29 is 25.5 Å². The van der Waals surface area contributed by atoms with Gasteiger partial charge in [0.1, 0.15) is 0 Å². The molecule has 196 valence electrons. The maximum absolute atomic E-state index is 11.7. The third kappa shape index (κ3) is 3.75. The molecule has 0 spiro atoms. The molecule has 0 radical (unpaired) electrons. The standard InChI is InChI=1S/C29H50O5/c1-15(2)18(5)16(3)10-17(4)25-22(31)12-21-20-11-24(33)29(34)13-19(30)8-9-28(29,7)26(20)23(32)14-27(21,25)6/h15-16,18-24,26,30-34H,8-14H2,1-7H3. The van der Waals surface area contributed by atoms with E-state index in [0.29, 0.717) is 49.9 Å². The van der Waals surface area contributed by atoms with Crippen LogP contribution in [0.3, 0.4) is 0 Å². The first kappa shape index (κ1) is 26.6. The number of allylic oxidation sites excluding steroid dienone is 1. The predicted molar refractivity (Wildman–Crippen MR) is 134 cm³/mol. The third-order valence-electron chi connectivity index (χ3n) is 11.6. The zero-order chi connectivity index (χ0) is 25.4. The summed E-state index contributed by atoms with van der Waals surface area (Å²) in [6.07, 6.45) is 1.30. The molecular formula is C29H50O5. The summed E-state index contributed by atoms with van der Waals surface area (Å²) in [4.78, 5) is 0. The second kappa shape index (κ2) is 8.83. The first-order chi connectivity index (χ1) is 15.7. The van der Waals surface area contributed by atoms with Crippen LogP contribution in [-0.4, -0.2) is 55.5 Å². The van der Waals surface area contributed by atoms with Gasteiger partial charge in [0.2, 0.25) is 0 Å². The second-order valence-corrected chi connectivity index (χ2v) is 13.7. The van der Waals surface area contributed by atoms with Gasteiger partial charge >= 0.3 is 0 Å². The van der Waals surface area contributed by atoms with Crippen LogP contribution < -0.4 is 0 Å². The van der Waals surface area contributed by atoms with E-state index in [1.54, 1.807) is 0 Å². The van der Waals surface area contributed by atoms with Crippen molar-refractivity contribution in [3.05, 3.63) is 11.1 Å². The van der Waals surface area contributed by atoms with Crippen molar-refractivity contribution in [1.82, 2.24) is 0 Å². The normalized spacial score (nSPS) is 52.0. The molecule has 4 rings (SSSR count). The van der Waals surface area contributed by atoms with E-state index >= 15 is 0 Å². The van der Waals surface area contributed by atoms with E-state index in [2.05, 4.69) is 41.5 Å². The molecule has 0 saturated heterocycles. The Morgan fingerprint density at radius 1 is 1.00 bits per heavy atom. The van der Waals surface area contributed by atoms with Crippen molar-refractivity contribution in [3.63, 3.8) is 0 Å². The minimum Gasteiger partial charge on any atom is -0.393 e. The summed E-state index contributed by atoms with van der Waals surface area (Å²) in [6.45, 7) is 15.6. The van der Waals surface area contributed by atoms with Gasteiger partial charge in [-0.3, -0.25) is 0 Å². The molecule has 5 N–H and O–H groups in total. The lowest BCUT2D eigenvalue weighted by Crippen LogP contribution is -2.70. The van der Waals surface area contributed by atoms with Crippen LogP contribution in [0.15, 0.2) is 11.1 Å². The molecular weight excluding hydrogens is 428 g/mol. The van der Waals surface area contributed by atoms with E-state index in [0.717, 1.165) is 12.0 Å². The van der Waals surface area contributed by atoms with Gasteiger partial charge in [-0.05, 0) is 91.9 Å². The van der Waals surface area contributed by atoms with Gasteiger partial charge in [0.05, 0.1) is 30.0 Å². The minimum absolute atomic E-state index is 0.0382. The Morgan fingerprint density at radius 3 is 2.26 bits per heavy atom. The SMILES string of the molecule is CC(CC(C)C(C)C(C)C)=C1C(O)CC2C3CC(O)C4(O)CC(O)CCC4(C)C3C(O)CC12C. The monoisotopic (exact) mass is 478 g/mol. The Labute approximate surface area is 206 Å². The van der Waals surface area contributed by atoms with Crippen molar-refractivity contribution in [3.8, 4) is 0 Å². The van der Waals surface area contributed by atoms with Gasteiger partial charge in [0.25, 0.3) is 0 Å². The largest absolute Gasteiger partial charge is 0.393 e. The van der Waals surface area contributed by atoms with E-state index in [-0.39, 0.29) is 29.6 Å². The van der Waals surface area contributed by atoms with E-state index < -0.39 is 35.4 Å². The fourth-order valence-corrected chi connectivity index (χ4v) is 9.42. The molecule has 4 saturated carbocycles. The van der Waals surface area contributed by atoms with E-state index in [9.17, 15) is 25.5 Å². The Morgan fingerprint density at radius 2 is 1.65 bits per heavy atom. The van der Waals surface area contributed by atoms with Gasteiger partial charge in [-0.25, -0.2) is 0 Å². The van der Waals surface area contributed by atoms with Crippen LogP contribution in [0, 0.1) is 46.3 Å². The molecule has 4 aliphatic rings. The maximum atomic E-state index is 11.7. The first-order valence-electron chi connectivity index (χ1n) is 13.8. The summed E-state index contributed by atoms with van der Waals surface area (Å²) in [5.74, 6) is 1.78. The maximum Gasteiger partial charge on any atom is 0.0986 e. The van der Waals surface area contributed by atoms with Gasteiger partial charge in [0.15, 0.2) is 0 Å². The molecule has 5 heteroatoms. The lowest BCUT2D eigenvalue weighted by atomic mass is 9.42. The molecule has 12 unspecified atom stereocenters. The Hall–Kier alpha value is -0.460. The molecule has 12 atom stereocenters. The molecule has 4 aliphatic carbocycles. The molecule has 0 amide bonds. The van der Waals surface area contributed by atoms with E-state index in [4.69, 9.17) is 0 Å². The molecule has 0 heterocycles. The number of hydrogen-bond donors (Lipinski definition) is 5. The minimum atomic E-state index is -1.38. The second-order valence-electron chi connectivity index (χ2n) is 13.7. The molecule has 0 aromatic rings. The third-order valence-corrected chi connectivity index (χ3v) is 11.6. The highest BCUT2D eigenvalue weighted by molar-refractivity contribution is 5.34. The molecule has 4 fully saturated rings. The molecule has 5 nitrogen and oxygen atoms in total. The highest BCUT2D eigenvalue weighted by Crippen LogP contribution is 2.68. The Kier molecular flexibility index (Phi) is 6.91. The van der Waals surface area contributed by atoms with Crippen LogP contribution in [0.4, 0.5) is 0 Å². The fraction of sp³-hybridized carbons (Fsp3) is 0.931. The smallest absolute Gasteiger partial charge is 0.0986 e. The average Bonchev–Trinajstić information content (AvgIpc) is 2.99. The summed E-state index contributed by atoms with van der Waals surface area (Å²) in [5, 5.41) is 56.2. The van der Waals surface area contributed by atoms with Crippen molar-refractivity contribution in [2.24, 2.45) is 46.3 Å². The van der Waals surface area contributed by atoms with Crippen LogP contribution in [-0.2, 0) is 0 Å². The highest BCUT2D eigenvalue weighted by Gasteiger charge is 2.69. The average molecular weight is 479 g/mol. The summed E-state index contributed by atoms with van der Waals surface area (Å²) in [7, 11) is 0. The van der Waals surface area contributed by atoms with E-state index in [1.165, 1.54) is 5.57 Å². The van der Waals surface area contributed by atoms with Crippen LogP contribution in [0.25, 0.3) is 0 Å².